The summed E-state index contributed by atoms with van der Waals surface area (Å²) in [4.78, 5) is 13.6. The van der Waals surface area contributed by atoms with E-state index in [1.165, 1.54) is 0 Å². The Hall–Kier alpha value is -0.610. The van der Waals surface area contributed by atoms with Gasteiger partial charge in [-0.15, -0.1) is 0 Å². The van der Waals surface area contributed by atoms with Crippen LogP contribution in [-0.4, -0.2) is 43.0 Å². The second kappa shape index (κ2) is 8.68. The van der Waals surface area contributed by atoms with E-state index in [0.29, 0.717) is 13.0 Å². The summed E-state index contributed by atoms with van der Waals surface area (Å²) in [5.41, 5.74) is 5.61. The van der Waals surface area contributed by atoms with Crippen molar-refractivity contribution >= 4 is 5.91 Å². The van der Waals surface area contributed by atoms with Crippen LogP contribution >= 0.6 is 0 Å². The van der Waals surface area contributed by atoms with Crippen molar-refractivity contribution in [2.75, 3.05) is 26.2 Å². The van der Waals surface area contributed by atoms with Crippen LogP contribution in [0.5, 0.6) is 0 Å². The average Bonchev–Trinajstić information content (AvgIpc) is 2.25. The van der Waals surface area contributed by atoms with Gasteiger partial charge in [-0.2, -0.15) is 0 Å². The molecule has 0 spiro atoms. The van der Waals surface area contributed by atoms with E-state index in [1.807, 2.05) is 18.7 Å². The molecule has 0 fully saturated rings. The number of nitrogens with one attached hydrogen (secondary N) is 1. The zero-order valence-corrected chi connectivity index (χ0v) is 10.3. The first-order valence-corrected chi connectivity index (χ1v) is 5.90. The van der Waals surface area contributed by atoms with Crippen molar-refractivity contribution in [2.45, 2.75) is 39.7 Å². The molecule has 0 saturated heterocycles. The van der Waals surface area contributed by atoms with Crippen molar-refractivity contribution in [1.82, 2.24) is 10.2 Å². The summed E-state index contributed by atoms with van der Waals surface area (Å²) in [5, 5.41) is 3.28. The summed E-state index contributed by atoms with van der Waals surface area (Å²) >= 11 is 0. The molecular weight excluding hydrogens is 190 g/mol. The lowest BCUT2D eigenvalue weighted by molar-refractivity contribution is -0.131. The zero-order valence-electron chi connectivity index (χ0n) is 10.3. The number of hydrogen-bond donors (Lipinski definition) is 2. The molecule has 0 heterocycles. The fourth-order valence-corrected chi connectivity index (χ4v) is 1.50. The van der Waals surface area contributed by atoms with Crippen LogP contribution in [0, 0.1) is 0 Å². The van der Waals surface area contributed by atoms with Gasteiger partial charge < -0.3 is 16.0 Å². The molecule has 0 aliphatic heterocycles. The third-order valence-electron chi connectivity index (χ3n) is 2.50. The Kier molecular flexibility index (Phi) is 8.33. The number of nitrogens with zero attached hydrogens (tertiary/aromatic N) is 1. The second-order valence-electron chi connectivity index (χ2n) is 3.66. The van der Waals surface area contributed by atoms with Gasteiger partial charge in [0, 0.05) is 32.1 Å². The number of amides is 1. The number of nitrogens with two attached hydrogens (primary N) is 1. The third kappa shape index (κ3) is 5.74. The van der Waals surface area contributed by atoms with Crippen LogP contribution in [0.25, 0.3) is 0 Å². The molecule has 0 bridgehead atoms. The Morgan fingerprint density at radius 1 is 1.33 bits per heavy atom. The van der Waals surface area contributed by atoms with E-state index in [4.69, 9.17) is 5.73 Å². The zero-order chi connectivity index (χ0) is 11.7. The molecule has 0 aromatic heterocycles. The predicted octanol–water partition coefficient (Wildman–Crippen LogP) is 0.572. The maximum Gasteiger partial charge on any atom is 0.224 e. The van der Waals surface area contributed by atoms with E-state index in [1.54, 1.807) is 0 Å². The van der Waals surface area contributed by atoms with Crippen molar-refractivity contribution in [3.63, 3.8) is 0 Å². The quantitative estimate of drug-likeness (QED) is 0.622. The van der Waals surface area contributed by atoms with Gasteiger partial charge >= 0.3 is 0 Å². The largest absolute Gasteiger partial charge is 0.343 e. The Bertz CT molecular complexity index is 169. The molecule has 1 unspecified atom stereocenters. The molecule has 90 valence electrons. The highest BCUT2D eigenvalue weighted by Gasteiger charge is 2.15. The van der Waals surface area contributed by atoms with Gasteiger partial charge in [-0.25, -0.2) is 0 Å². The molecule has 1 atom stereocenters. The van der Waals surface area contributed by atoms with Gasteiger partial charge in [0.15, 0.2) is 0 Å². The Labute approximate surface area is 93.2 Å². The molecule has 1 amide bonds. The Morgan fingerprint density at radius 3 is 2.33 bits per heavy atom. The minimum atomic E-state index is 0.123. The van der Waals surface area contributed by atoms with Gasteiger partial charge in [0.1, 0.15) is 0 Å². The van der Waals surface area contributed by atoms with Crippen LogP contribution < -0.4 is 11.1 Å². The number of carbonyl (C=O) groups excluding carboxylic acids is 1. The molecule has 0 aliphatic rings. The average molecular weight is 215 g/mol. The van der Waals surface area contributed by atoms with E-state index in [0.717, 1.165) is 26.1 Å². The lowest BCUT2D eigenvalue weighted by Gasteiger charge is -2.22. The van der Waals surface area contributed by atoms with Gasteiger partial charge in [0.2, 0.25) is 5.91 Å². The maximum absolute atomic E-state index is 11.8. The lowest BCUT2D eigenvalue weighted by atomic mass is 10.2. The normalized spacial score (nSPS) is 12.5. The van der Waals surface area contributed by atoms with Crippen LogP contribution in [0.15, 0.2) is 0 Å². The molecular formula is C11H25N3O. The summed E-state index contributed by atoms with van der Waals surface area (Å²) in [6, 6.07) is 0.123. The summed E-state index contributed by atoms with van der Waals surface area (Å²) in [7, 11) is 0. The van der Waals surface area contributed by atoms with E-state index >= 15 is 0 Å². The summed E-state index contributed by atoms with van der Waals surface area (Å²) in [5.74, 6) is 0.194. The third-order valence-corrected chi connectivity index (χ3v) is 2.50. The first-order chi connectivity index (χ1) is 7.19. The topological polar surface area (TPSA) is 58.4 Å². The molecule has 15 heavy (non-hydrogen) atoms. The standard InChI is InChI=1S/C11H25N3O/c1-4-7-13-10(9-12)8-11(15)14(5-2)6-3/h10,13H,4-9,12H2,1-3H3. The first-order valence-electron chi connectivity index (χ1n) is 5.90. The van der Waals surface area contributed by atoms with Crippen molar-refractivity contribution in [1.29, 1.82) is 0 Å². The molecule has 0 aromatic carbocycles. The van der Waals surface area contributed by atoms with Crippen molar-refractivity contribution in [3.8, 4) is 0 Å². The van der Waals surface area contributed by atoms with Crippen LogP contribution in [0.3, 0.4) is 0 Å². The van der Waals surface area contributed by atoms with E-state index < -0.39 is 0 Å². The van der Waals surface area contributed by atoms with E-state index in [9.17, 15) is 4.79 Å². The van der Waals surface area contributed by atoms with Gasteiger partial charge in [-0.05, 0) is 26.8 Å². The predicted molar refractivity (Wildman–Crippen MR) is 63.7 cm³/mol. The number of hydrogen-bond acceptors (Lipinski definition) is 3. The summed E-state index contributed by atoms with van der Waals surface area (Å²) in [6.45, 7) is 9.10. The molecule has 0 rings (SSSR count). The fraction of sp³-hybridized carbons (Fsp3) is 0.909. The van der Waals surface area contributed by atoms with Crippen LogP contribution in [-0.2, 0) is 4.79 Å². The lowest BCUT2D eigenvalue weighted by Crippen LogP contribution is -2.42. The van der Waals surface area contributed by atoms with Gasteiger partial charge in [0.25, 0.3) is 0 Å². The van der Waals surface area contributed by atoms with Crippen LogP contribution in [0.4, 0.5) is 0 Å². The number of carbonyl (C=O) groups is 1. The van der Waals surface area contributed by atoms with Crippen molar-refractivity contribution in [3.05, 3.63) is 0 Å². The minimum Gasteiger partial charge on any atom is -0.343 e. The minimum absolute atomic E-state index is 0.123. The highest BCUT2D eigenvalue weighted by Crippen LogP contribution is 1.98. The highest BCUT2D eigenvalue weighted by atomic mass is 16.2. The summed E-state index contributed by atoms with van der Waals surface area (Å²) in [6.07, 6.45) is 1.58. The van der Waals surface area contributed by atoms with Crippen LogP contribution in [0.2, 0.25) is 0 Å². The van der Waals surface area contributed by atoms with Crippen LogP contribution in [0.1, 0.15) is 33.6 Å². The number of rotatable bonds is 8. The second-order valence-corrected chi connectivity index (χ2v) is 3.66. The van der Waals surface area contributed by atoms with E-state index in [-0.39, 0.29) is 11.9 Å². The molecule has 3 N–H and O–H groups in total. The van der Waals surface area contributed by atoms with E-state index in [2.05, 4.69) is 12.2 Å². The molecule has 0 saturated carbocycles. The van der Waals surface area contributed by atoms with Gasteiger partial charge in [-0.1, -0.05) is 6.92 Å². The monoisotopic (exact) mass is 215 g/mol. The Morgan fingerprint density at radius 2 is 1.93 bits per heavy atom. The molecule has 4 nitrogen and oxygen atoms in total. The smallest absolute Gasteiger partial charge is 0.224 e. The molecule has 4 heteroatoms. The Balaban J connectivity index is 3.98. The van der Waals surface area contributed by atoms with Crippen molar-refractivity contribution < 1.29 is 4.79 Å². The first kappa shape index (κ1) is 14.4. The van der Waals surface area contributed by atoms with Gasteiger partial charge in [-0.3, -0.25) is 4.79 Å². The van der Waals surface area contributed by atoms with Crippen molar-refractivity contribution in [2.24, 2.45) is 5.73 Å². The highest BCUT2D eigenvalue weighted by molar-refractivity contribution is 5.76. The van der Waals surface area contributed by atoms with Gasteiger partial charge in [0.05, 0.1) is 0 Å². The fourth-order valence-electron chi connectivity index (χ4n) is 1.50. The molecule has 0 aliphatic carbocycles. The summed E-state index contributed by atoms with van der Waals surface area (Å²) < 4.78 is 0. The maximum atomic E-state index is 11.8. The SMILES string of the molecule is CCCNC(CN)CC(=O)N(CC)CC. The molecule has 0 aromatic rings. The molecule has 0 radical (unpaired) electrons.